The molecule has 7 heteroatoms. The van der Waals surface area contributed by atoms with Crippen LogP contribution in [0.3, 0.4) is 0 Å². The summed E-state index contributed by atoms with van der Waals surface area (Å²) in [4.78, 5) is 25.4. The van der Waals surface area contributed by atoms with Crippen molar-refractivity contribution in [3.8, 4) is 0 Å². The SMILES string of the molecule is C[C@@H]1C=C[C@H](C)N(C(=O)OC(C)(C)C)N1C(=O)Nc1ccc(Cl)cc1. The van der Waals surface area contributed by atoms with Gasteiger partial charge in [0.05, 0.1) is 12.1 Å². The van der Waals surface area contributed by atoms with Crippen molar-refractivity contribution >= 4 is 29.4 Å². The monoisotopic (exact) mass is 365 g/mol. The van der Waals surface area contributed by atoms with Crippen LogP contribution in [-0.2, 0) is 4.74 Å². The molecule has 6 nitrogen and oxygen atoms in total. The van der Waals surface area contributed by atoms with Crippen LogP contribution in [0.15, 0.2) is 36.4 Å². The van der Waals surface area contributed by atoms with Gasteiger partial charge in [-0.15, -0.1) is 0 Å². The van der Waals surface area contributed by atoms with Gasteiger partial charge < -0.3 is 10.1 Å². The van der Waals surface area contributed by atoms with Crippen LogP contribution < -0.4 is 5.32 Å². The Labute approximate surface area is 153 Å². The van der Waals surface area contributed by atoms with Gasteiger partial charge in [-0.2, -0.15) is 0 Å². The van der Waals surface area contributed by atoms with Crippen LogP contribution in [0.2, 0.25) is 5.02 Å². The number of halogens is 1. The lowest BCUT2D eigenvalue weighted by atomic mass is 10.1. The topological polar surface area (TPSA) is 61.9 Å². The molecular formula is C18H24ClN3O3. The van der Waals surface area contributed by atoms with Crippen molar-refractivity contribution in [1.29, 1.82) is 0 Å². The first-order chi connectivity index (χ1) is 11.6. The fourth-order valence-electron chi connectivity index (χ4n) is 2.44. The Hall–Kier alpha value is -2.21. The van der Waals surface area contributed by atoms with Gasteiger partial charge in [0.1, 0.15) is 5.60 Å². The van der Waals surface area contributed by atoms with Crippen molar-refractivity contribution in [2.45, 2.75) is 52.3 Å². The zero-order chi connectivity index (χ0) is 18.8. The number of benzene rings is 1. The van der Waals surface area contributed by atoms with Crippen molar-refractivity contribution in [2.24, 2.45) is 0 Å². The lowest BCUT2D eigenvalue weighted by Gasteiger charge is -2.43. The van der Waals surface area contributed by atoms with Crippen molar-refractivity contribution in [2.75, 3.05) is 5.32 Å². The van der Waals surface area contributed by atoms with Crippen LogP contribution in [0.5, 0.6) is 0 Å². The number of rotatable bonds is 1. The number of nitrogens with zero attached hydrogens (tertiary/aromatic N) is 2. The van der Waals surface area contributed by atoms with E-state index in [1.807, 2.05) is 26.0 Å². The van der Waals surface area contributed by atoms with Crippen molar-refractivity contribution in [3.05, 3.63) is 41.4 Å². The second-order valence-electron chi connectivity index (χ2n) is 6.97. The molecule has 2 rings (SSSR count). The third-order valence-electron chi connectivity index (χ3n) is 3.56. The predicted molar refractivity (Wildman–Crippen MR) is 98.4 cm³/mol. The molecule has 1 aliphatic heterocycles. The van der Waals surface area contributed by atoms with Crippen LogP contribution in [0.4, 0.5) is 15.3 Å². The maximum Gasteiger partial charge on any atom is 0.430 e. The number of nitrogens with one attached hydrogen (secondary N) is 1. The standard InChI is InChI=1S/C18H24ClN3O3/c1-12-6-7-13(2)22(17(24)25-18(3,4)5)21(12)16(23)20-15-10-8-14(19)9-11-15/h6-13H,1-5H3,(H,20,23)/t12-,13+/m1/s1. The first-order valence-electron chi connectivity index (χ1n) is 8.15. The van der Waals surface area contributed by atoms with Crippen molar-refractivity contribution < 1.29 is 14.3 Å². The Morgan fingerprint density at radius 2 is 1.56 bits per heavy atom. The minimum Gasteiger partial charge on any atom is -0.442 e. The molecule has 3 amide bonds. The Kier molecular flexibility index (Phi) is 5.62. The number of hydrazine groups is 1. The molecule has 1 N–H and O–H groups in total. The van der Waals surface area contributed by atoms with Gasteiger partial charge in [0.25, 0.3) is 0 Å². The summed E-state index contributed by atoms with van der Waals surface area (Å²) in [7, 11) is 0. The maximum absolute atomic E-state index is 12.8. The molecule has 1 heterocycles. The summed E-state index contributed by atoms with van der Waals surface area (Å²) < 4.78 is 5.46. The van der Waals surface area contributed by atoms with Crippen LogP contribution >= 0.6 is 11.6 Å². The van der Waals surface area contributed by atoms with E-state index in [0.29, 0.717) is 10.7 Å². The van der Waals surface area contributed by atoms with E-state index in [4.69, 9.17) is 16.3 Å². The van der Waals surface area contributed by atoms with Gasteiger partial charge in [0, 0.05) is 10.7 Å². The van der Waals surface area contributed by atoms with E-state index in [2.05, 4.69) is 5.32 Å². The van der Waals surface area contributed by atoms with Crippen LogP contribution in [0, 0.1) is 0 Å². The third kappa shape index (κ3) is 4.89. The molecule has 1 aromatic rings. The lowest BCUT2D eigenvalue weighted by molar-refractivity contribution is -0.0497. The molecule has 0 unspecified atom stereocenters. The summed E-state index contributed by atoms with van der Waals surface area (Å²) in [5.74, 6) is 0. The highest BCUT2D eigenvalue weighted by atomic mass is 35.5. The quantitative estimate of drug-likeness (QED) is 0.735. The Morgan fingerprint density at radius 1 is 1.04 bits per heavy atom. The number of carbonyl (C=O) groups excluding carboxylic acids is 2. The Morgan fingerprint density at radius 3 is 2.08 bits per heavy atom. The average molecular weight is 366 g/mol. The fraction of sp³-hybridized carbons (Fsp3) is 0.444. The average Bonchev–Trinajstić information content (AvgIpc) is 2.49. The van der Waals surface area contributed by atoms with Crippen LogP contribution in [0.25, 0.3) is 0 Å². The van der Waals surface area contributed by atoms with E-state index in [1.54, 1.807) is 45.0 Å². The van der Waals surface area contributed by atoms with Crippen LogP contribution in [0.1, 0.15) is 34.6 Å². The number of amides is 3. The number of carbonyl (C=O) groups is 2. The highest BCUT2D eigenvalue weighted by Crippen LogP contribution is 2.23. The van der Waals surface area contributed by atoms with Gasteiger partial charge in [-0.1, -0.05) is 23.8 Å². The van der Waals surface area contributed by atoms with E-state index in [1.165, 1.54) is 10.0 Å². The van der Waals surface area contributed by atoms with Gasteiger partial charge in [-0.25, -0.2) is 19.6 Å². The first kappa shape index (κ1) is 19.1. The Bertz CT molecular complexity index is 667. The predicted octanol–water partition coefficient (Wildman–Crippen LogP) is 4.67. The molecule has 0 spiro atoms. The minimum absolute atomic E-state index is 0.295. The first-order valence-corrected chi connectivity index (χ1v) is 8.52. The second-order valence-corrected chi connectivity index (χ2v) is 7.41. The number of ether oxygens (including phenoxy) is 1. The summed E-state index contributed by atoms with van der Waals surface area (Å²) >= 11 is 5.86. The fourth-order valence-corrected chi connectivity index (χ4v) is 2.56. The van der Waals surface area contributed by atoms with E-state index in [-0.39, 0.29) is 12.1 Å². The maximum atomic E-state index is 12.8. The summed E-state index contributed by atoms with van der Waals surface area (Å²) in [6.07, 6.45) is 3.19. The van der Waals surface area contributed by atoms with E-state index >= 15 is 0 Å². The molecule has 0 saturated carbocycles. The normalized spacial score (nSPS) is 20.4. The lowest BCUT2D eigenvalue weighted by Crippen LogP contribution is -2.60. The van der Waals surface area contributed by atoms with E-state index < -0.39 is 17.7 Å². The highest BCUT2D eigenvalue weighted by Gasteiger charge is 2.37. The largest absolute Gasteiger partial charge is 0.442 e. The van der Waals surface area contributed by atoms with E-state index in [0.717, 1.165) is 0 Å². The molecule has 0 bridgehead atoms. The molecule has 136 valence electrons. The number of hydrogen-bond acceptors (Lipinski definition) is 3. The van der Waals surface area contributed by atoms with Crippen molar-refractivity contribution in [1.82, 2.24) is 10.0 Å². The van der Waals surface area contributed by atoms with Crippen LogP contribution in [-0.4, -0.2) is 39.8 Å². The van der Waals surface area contributed by atoms with Gasteiger partial charge in [0.2, 0.25) is 0 Å². The third-order valence-corrected chi connectivity index (χ3v) is 3.81. The molecule has 0 fully saturated rings. The van der Waals surface area contributed by atoms with Gasteiger partial charge in [-0.05, 0) is 58.9 Å². The zero-order valence-corrected chi connectivity index (χ0v) is 15.9. The summed E-state index contributed by atoms with van der Waals surface area (Å²) in [6, 6.07) is 5.75. The molecule has 0 aromatic heterocycles. The second kappa shape index (κ2) is 7.35. The molecule has 2 atom stereocenters. The minimum atomic E-state index is -0.653. The van der Waals surface area contributed by atoms with Gasteiger partial charge in [0.15, 0.2) is 0 Å². The molecule has 1 aliphatic rings. The molecule has 25 heavy (non-hydrogen) atoms. The molecular weight excluding hydrogens is 342 g/mol. The number of anilines is 1. The molecule has 1 aromatic carbocycles. The molecule has 0 radical (unpaired) electrons. The number of hydrogen-bond donors (Lipinski definition) is 1. The Balaban J connectivity index is 2.23. The molecule has 0 aliphatic carbocycles. The molecule has 0 saturated heterocycles. The summed E-state index contributed by atoms with van der Waals surface area (Å²) in [5, 5.41) is 6.07. The smallest absolute Gasteiger partial charge is 0.430 e. The van der Waals surface area contributed by atoms with Gasteiger partial charge >= 0.3 is 12.1 Å². The van der Waals surface area contributed by atoms with E-state index in [9.17, 15) is 9.59 Å². The summed E-state index contributed by atoms with van der Waals surface area (Å²) in [6.45, 7) is 9.03. The summed E-state index contributed by atoms with van der Waals surface area (Å²) in [5.41, 5.74) is -0.0626. The number of urea groups is 1. The van der Waals surface area contributed by atoms with Gasteiger partial charge in [-0.3, -0.25) is 0 Å². The van der Waals surface area contributed by atoms with Crippen molar-refractivity contribution in [3.63, 3.8) is 0 Å². The highest BCUT2D eigenvalue weighted by molar-refractivity contribution is 6.30. The zero-order valence-electron chi connectivity index (χ0n) is 15.1.